The fourth-order valence-corrected chi connectivity index (χ4v) is 5.14. The summed E-state index contributed by atoms with van der Waals surface area (Å²) in [5.74, 6) is -0.399. The lowest BCUT2D eigenvalue weighted by molar-refractivity contribution is -0.146. The first-order chi connectivity index (χ1) is 12.9. The highest BCUT2D eigenvalue weighted by Crippen LogP contribution is 2.36. The second-order valence-electron chi connectivity index (χ2n) is 5.58. The lowest BCUT2D eigenvalue weighted by atomic mass is 10.2. The first kappa shape index (κ1) is 22.5. The van der Waals surface area contributed by atoms with Gasteiger partial charge in [-0.2, -0.15) is 0 Å². The van der Waals surface area contributed by atoms with E-state index in [-0.39, 0.29) is 11.4 Å². The standard InChI is InChI=1S/C18H19I2NO5S/c1-3-5-6-26-15(22)10-21-17(23)14(27-18(21)24)8-11-7-12(19)9-13(20)16(11)25-4-2/h7-9H,3-6,10H2,1-2H3/b14-8+. The predicted octanol–water partition coefficient (Wildman–Crippen LogP) is 4.67. The highest BCUT2D eigenvalue weighted by Gasteiger charge is 2.36. The fourth-order valence-electron chi connectivity index (χ4n) is 2.27. The molecule has 0 unspecified atom stereocenters. The molecule has 1 saturated heterocycles. The van der Waals surface area contributed by atoms with E-state index in [1.807, 2.05) is 26.0 Å². The second kappa shape index (κ2) is 10.6. The Morgan fingerprint density at radius 3 is 2.67 bits per heavy atom. The van der Waals surface area contributed by atoms with Crippen molar-refractivity contribution < 1.29 is 23.9 Å². The van der Waals surface area contributed by atoms with Crippen molar-refractivity contribution in [2.75, 3.05) is 19.8 Å². The average Bonchev–Trinajstić information content (AvgIpc) is 2.85. The van der Waals surface area contributed by atoms with Gasteiger partial charge in [0.05, 0.1) is 21.7 Å². The van der Waals surface area contributed by atoms with Crippen molar-refractivity contribution in [3.63, 3.8) is 0 Å². The summed E-state index contributed by atoms with van der Waals surface area (Å²) in [6.07, 6.45) is 3.29. The lowest BCUT2D eigenvalue weighted by Crippen LogP contribution is -2.34. The molecule has 1 aliphatic heterocycles. The number of thioether (sulfide) groups is 1. The number of rotatable bonds is 8. The normalized spacial score (nSPS) is 15.6. The van der Waals surface area contributed by atoms with Crippen molar-refractivity contribution in [2.24, 2.45) is 0 Å². The van der Waals surface area contributed by atoms with Crippen LogP contribution in [-0.4, -0.2) is 41.8 Å². The zero-order valence-electron chi connectivity index (χ0n) is 14.9. The molecular weight excluding hydrogens is 596 g/mol. The minimum Gasteiger partial charge on any atom is -0.492 e. The Hall–Kier alpha value is -0.820. The lowest BCUT2D eigenvalue weighted by Gasteiger charge is -2.12. The quantitative estimate of drug-likeness (QED) is 0.183. The van der Waals surface area contributed by atoms with Crippen LogP contribution in [0, 0.1) is 7.14 Å². The number of ether oxygens (including phenoxy) is 2. The summed E-state index contributed by atoms with van der Waals surface area (Å²) in [6, 6.07) is 3.86. The van der Waals surface area contributed by atoms with Gasteiger partial charge in [0, 0.05) is 9.13 Å². The number of halogens is 2. The molecule has 1 heterocycles. The van der Waals surface area contributed by atoms with Crippen LogP contribution in [0.5, 0.6) is 5.75 Å². The number of carbonyl (C=O) groups is 3. The van der Waals surface area contributed by atoms with Crippen LogP contribution in [0.2, 0.25) is 0 Å². The minimum atomic E-state index is -0.578. The van der Waals surface area contributed by atoms with Crippen molar-refractivity contribution in [1.29, 1.82) is 0 Å². The predicted molar refractivity (Wildman–Crippen MR) is 122 cm³/mol. The highest BCUT2D eigenvalue weighted by atomic mass is 127. The molecule has 1 aromatic rings. The van der Waals surface area contributed by atoms with Crippen molar-refractivity contribution >= 4 is 80.1 Å². The summed E-state index contributed by atoms with van der Waals surface area (Å²) in [6.45, 7) is 4.28. The number of carbonyl (C=O) groups excluding carboxylic acids is 3. The van der Waals surface area contributed by atoms with Gasteiger partial charge >= 0.3 is 5.97 Å². The highest BCUT2D eigenvalue weighted by molar-refractivity contribution is 14.1. The Bertz CT molecular complexity index is 781. The number of amides is 2. The van der Waals surface area contributed by atoms with Crippen LogP contribution < -0.4 is 4.74 Å². The van der Waals surface area contributed by atoms with Gasteiger partial charge in [0.25, 0.3) is 11.1 Å². The first-order valence-electron chi connectivity index (χ1n) is 8.40. The second-order valence-corrected chi connectivity index (χ2v) is 8.98. The van der Waals surface area contributed by atoms with Crippen LogP contribution >= 0.6 is 56.9 Å². The smallest absolute Gasteiger partial charge is 0.326 e. The minimum absolute atomic E-state index is 0.264. The van der Waals surface area contributed by atoms with Gasteiger partial charge in [0.1, 0.15) is 12.3 Å². The SMILES string of the molecule is CCCCOC(=O)CN1C(=O)S/C(=C/c2cc(I)cc(I)c2OCC)C1=O. The zero-order valence-corrected chi connectivity index (χ0v) is 20.1. The number of hydrogen-bond donors (Lipinski definition) is 0. The summed E-state index contributed by atoms with van der Waals surface area (Å²) in [4.78, 5) is 37.8. The molecule has 1 aromatic carbocycles. The van der Waals surface area contributed by atoms with Gasteiger partial charge in [-0.15, -0.1) is 0 Å². The Balaban J connectivity index is 2.20. The van der Waals surface area contributed by atoms with Gasteiger partial charge in [-0.25, -0.2) is 0 Å². The van der Waals surface area contributed by atoms with E-state index in [0.29, 0.717) is 19.0 Å². The molecule has 0 saturated carbocycles. The molecule has 0 atom stereocenters. The van der Waals surface area contributed by atoms with E-state index in [1.54, 1.807) is 6.08 Å². The third-order valence-corrected chi connectivity index (χ3v) is 5.87. The van der Waals surface area contributed by atoms with E-state index in [9.17, 15) is 14.4 Å². The number of nitrogens with zero attached hydrogens (tertiary/aromatic N) is 1. The number of benzene rings is 1. The molecule has 27 heavy (non-hydrogen) atoms. The fraction of sp³-hybridized carbons (Fsp3) is 0.389. The van der Waals surface area contributed by atoms with Crippen LogP contribution in [0.15, 0.2) is 17.0 Å². The summed E-state index contributed by atoms with van der Waals surface area (Å²) in [7, 11) is 0. The van der Waals surface area contributed by atoms with E-state index in [4.69, 9.17) is 9.47 Å². The maximum atomic E-state index is 12.6. The molecule has 2 rings (SSSR count). The Morgan fingerprint density at radius 2 is 2.00 bits per heavy atom. The van der Waals surface area contributed by atoms with Crippen LogP contribution in [0.1, 0.15) is 32.3 Å². The first-order valence-corrected chi connectivity index (χ1v) is 11.4. The molecule has 0 radical (unpaired) electrons. The average molecular weight is 615 g/mol. The van der Waals surface area contributed by atoms with Crippen LogP contribution in [0.25, 0.3) is 6.08 Å². The monoisotopic (exact) mass is 615 g/mol. The maximum absolute atomic E-state index is 12.6. The van der Waals surface area contributed by atoms with Gasteiger partial charge < -0.3 is 9.47 Å². The Labute approximate surface area is 189 Å². The van der Waals surface area contributed by atoms with Crippen molar-refractivity contribution in [3.05, 3.63) is 29.7 Å². The van der Waals surface area contributed by atoms with Crippen molar-refractivity contribution in [1.82, 2.24) is 4.90 Å². The number of esters is 1. The third-order valence-electron chi connectivity index (χ3n) is 3.53. The molecule has 0 bridgehead atoms. The molecule has 6 nitrogen and oxygen atoms in total. The van der Waals surface area contributed by atoms with E-state index in [2.05, 4.69) is 45.2 Å². The van der Waals surface area contributed by atoms with Crippen LogP contribution in [-0.2, 0) is 14.3 Å². The number of hydrogen-bond acceptors (Lipinski definition) is 6. The van der Waals surface area contributed by atoms with E-state index < -0.39 is 17.1 Å². The maximum Gasteiger partial charge on any atom is 0.326 e. The molecule has 0 N–H and O–H groups in total. The van der Waals surface area contributed by atoms with E-state index >= 15 is 0 Å². The topological polar surface area (TPSA) is 72.9 Å². The van der Waals surface area contributed by atoms with Gasteiger partial charge in [-0.05, 0) is 88.5 Å². The summed E-state index contributed by atoms with van der Waals surface area (Å²) < 4.78 is 12.6. The molecule has 2 amide bonds. The third kappa shape index (κ3) is 6.08. The largest absolute Gasteiger partial charge is 0.492 e. The summed E-state index contributed by atoms with van der Waals surface area (Å²) >= 11 is 5.18. The zero-order chi connectivity index (χ0) is 20.0. The summed E-state index contributed by atoms with van der Waals surface area (Å²) in [5, 5.41) is -0.475. The molecular formula is C18H19I2NO5S. The molecule has 0 spiro atoms. The number of imide groups is 1. The Kier molecular flexibility index (Phi) is 8.86. The van der Waals surface area contributed by atoms with E-state index in [1.165, 1.54) is 0 Å². The summed E-state index contributed by atoms with van der Waals surface area (Å²) in [5.41, 5.74) is 0.726. The Morgan fingerprint density at radius 1 is 1.26 bits per heavy atom. The van der Waals surface area contributed by atoms with Crippen molar-refractivity contribution in [3.8, 4) is 5.75 Å². The van der Waals surface area contributed by atoms with E-state index in [0.717, 1.165) is 42.2 Å². The molecule has 146 valence electrons. The van der Waals surface area contributed by atoms with Crippen LogP contribution in [0.4, 0.5) is 4.79 Å². The van der Waals surface area contributed by atoms with Crippen LogP contribution in [0.3, 0.4) is 0 Å². The van der Waals surface area contributed by atoms with Gasteiger partial charge in [-0.1, -0.05) is 13.3 Å². The molecule has 0 aliphatic carbocycles. The van der Waals surface area contributed by atoms with Gasteiger partial charge in [0.15, 0.2) is 0 Å². The van der Waals surface area contributed by atoms with Gasteiger partial charge in [0.2, 0.25) is 0 Å². The number of unbranched alkanes of at least 4 members (excludes halogenated alkanes) is 1. The molecule has 1 fully saturated rings. The van der Waals surface area contributed by atoms with Crippen molar-refractivity contribution in [2.45, 2.75) is 26.7 Å². The molecule has 0 aromatic heterocycles. The molecule has 1 aliphatic rings. The van der Waals surface area contributed by atoms with Gasteiger partial charge in [-0.3, -0.25) is 19.3 Å². The molecule has 9 heteroatoms.